The van der Waals surface area contributed by atoms with Crippen LogP contribution in [0.25, 0.3) is 0 Å². The first-order valence-electron chi connectivity index (χ1n) is 6.02. The number of urea groups is 1. The number of carbonyl (C=O) groups excluding carboxylic acids is 1. The van der Waals surface area contributed by atoms with Crippen LogP contribution in [0.5, 0.6) is 0 Å². The second kappa shape index (κ2) is 6.80. The number of halogens is 4. The van der Waals surface area contributed by atoms with Crippen LogP contribution in [-0.4, -0.2) is 17.1 Å². The minimum Gasteiger partial charge on any atom is -0.478 e. The van der Waals surface area contributed by atoms with Crippen molar-refractivity contribution in [1.29, 1.82) is 0 Å². The summed E-state index contributed by atoms with van der Waals surface area (Å²) in [6, 6.07) is 3.85. The summed E-state index contributed by atoms with van der Waals surface area (Å²) in [5, 5.41) is 13.4. The molecule has 0 radical (unpaired) electrons. The maximum absolute atomic E-state index is 13.1. The summed E-state index contributed by atoms with van der Waals surface area (Å²) < 4.78 is 26.1. The van der Waals surface area contributed by atoms with Gasteiger partial charge in [-0.2, -0.15) is 0 Å². The van der Waals surface area contributed by atoms with Crippen LogP contribution in [0.2, 0.25) is 10.0 Å². The van der Waals surface area contributed by atoms with Crippen LogP contribution >= 0.6 is 23.2 Å². The number of rotatable bonds is 3. The Morgan fingerprint density at radius 1 is 0.957 bits per heavy atom. The molecule has 0 aliphatic carbocycles. The zero-order valence-corrected chi connectivity index (χ0v) is 12.7. The van der Waals surface area contributed by atoms with Gasteiger partial charge >= 0.3 is 12.0 Å². The lowest BCUT2D eigenvalue weighted by Crippen LogP contribution is -2.21. The molecule has 0 unspecified atom stereocenters. The molecule has 9 heteroatoms. The Balaban J connectivity index is 2.25. The van der Waals surface area contributed by atoms with E-state index in [4.69, 9.17) is 28.3 Å². The third-order valence-corrected chi connectivity index (χ3v) is 3.16. The van der Waals surface area contributed by atoms with E-state index < -0.39 is 23.6 Å². The number of amides is 2. The number of nitrogens with one attached hydrogen (secondary N) is 2. The lowest BCUT2D eigenvalue weighted by atomic mass is 10.2. The molecule has 0 fully saturated rings. The Hall–Kier alpha value is -2.38. The topological polar surface area (TPSA) is 78.4 Å². The van der Waals surface area contributed by atoms with E-state index in [0.717, 1.165) is 18.2 Å². The molecule has 3 N–H and O–H groups in total. The van der Waals surface area contributed by atoms with Crippen LogP contribution < -0.4 is 10.6 Å². The highest BCUT2D eigenvalue weighted by Crippen LogP contribution is 2.30. The van der Waals surface area contributed by atoms with Gasteiger partial charge in [-0.3, -0.25) is 0 Å². The summed E-state index contributed by atoms with van der Waals surface area (Å²) in [6.45, 7) is 0. The summed E-state index contributed by atoms with van der Waals surface area (Å²) in [5.74, 6) is -3.12. The Labute approximate surface area is 138 Å². The van der Waals surface area contributed by atoms with Crippen LogP contribution in [-0.2, 0) is 0 Å². The molecule has 0 aliphatic heterocycles. The fourth-order valence-electron chi connectivity index (χ4n) is 1.77. The third-order valence-electron chi connectivity index (χ3n) is 2.64. The van der Waals surface area contributed by atoms with Crippen LogP contribution in [0.1, 0.15) is 10.4 Å². The van der Waals surface area contributed by atoms with Crippen molar-refractivity contribution in [3.05, 3.63) is 57.6 Å². The number of carboxylic acids is 1. The number of carbonyl (C=O) groups is 2. The highest BCUT2D eigenvalue weighted by molar-refractivity contribution is 6.37. The van der Waals surface area contributed by atoms with E-state index in [1.165, 1.54) is 6.07 Å². The quantitative estimate of drug-likeness (QED) is 0.747. The second-order valence-electron chi connectivity index (χ2n) is 4.35. The van der Waals surface area contributed by atoms with Crippen molar-refractivity contribution in [3.63, 3.8) is 0 Å². The van der Waals surface area contributed by atoms with E-state index >= 15 is 0 Å². The van der Waals surface area contributed by atoms with E-state index in [9.17, 15) is 18.4 Å². The Morgan fingerprint density at radius 2 is 1.57 bits per heavy atom. The molecule has 0 heterocycles. The molecule has 5 nitrogen and oxygen atoms in total. The van der Waals surface area contributed by atoms with Gasteiger partial charge in [0, 0.05) is 16.8 Å². The molecular formula is C14H8Cl2F2N2O3. The highest BCUT2D eigenvalue weighted by Gasteiger charge is 2.17. The van der Waals surface area contributed by atoms with Gasteiger partial charge in [0.15, 0.2) is 0 Å². The first kappa shape index (κ1) is 17.0. The van der Waals surface area contributed by atoms with Crippen LogP contribution in [0.4, 0.5) is 25.0 Å². The van der Waals surface area contributed by atoms with Gasteiger partial charge in [-0.05, 0) is 24.3 Å². The van der Waals surface area contributed by atoms with Crippen molar-refractivity contribution in [2.75, 3.05) is 10.6 Å². The van der Waals surface area contributed by atoms with Crippen molar-refractivity contribution in [1.82, 2.24) is 0 Å². The summed E-state index contributed by atoms with van der Waals surface area (Å²) in [7, 11) is 0. The van der Waals surface area contributed by atoms with Gasteiger partial charge in [-0.15, -0.1) is 0 Å². The van der Waals surface area contributed by atoms with E-state index in [-0.39, 0.29) is 27.0 Å². The van der Waals surface area contributed by atoms with E-state index in [0.29, 0.717) is 6.07 Å². The van der Waals surface area contributed by atoms with Crippen molar-refractivity contribution < 1.29 is 23.5 Å². The Bertz CT molecular complexity index is 780. The van der Waals surface area contributed by atoms with Gasteiger partial charge in [-0.25, -0.2) is 18.4 Å². The Morgan fingerprint density at radius 3 is 2.13 bits per heavy atom. The number of hydrogen-bond acceptors (Lipinski definition) is 2. The van der Waals surface area contributed by atoms with Gasteiger partial charge in [0.05, 0.1) is 16.3 Å². The third kappa shape index (κ3) is 4.30. The summed E-state index contributed by atoms with van der Waals surface area (Å²) in [5.41, 5.74) is -0.678. The monoisotopic (exact) mass is 360 g/mol. The van der Waals surface area contributed by atoms with Crippen molar-refractivity contribution in [2.45, 2.75) is 0 Å². The second-order valence-corrected chi connectivity index (χ2v) is 5.20. The average molecular weight is 361 g/mol. The molecule has 0 aliphatic rings. The number of aromatic carboxylic acids is 1. The first-order chi connectivity index (χ1) is 10.8. The maximum atomic E-state index is 13.1. The minimum atomic E-state index is -1.36. The smallest absolute Gasteiger partial charge is 0.337 e. The van der Waals surface area contributed by atoms with Crippen LogP contribution in [0, 0.1) is 11.6 Å². The molecule has 0 saturated heterocycles. The zero-order valence-electron chi connectivity index (χ0n) is 11.2. The van der Waals surface area contributed by atoms with E-state index in [2.05, 4.69) is 10.6 Å². The zero-order chi connectivity index (χ0) is 17.1. The molecule has 120 valence electrons. The molecule has 0 aromatic heterocycles. The summed E-state index contributed by atoms with van der Waals surface area (Å²) >= 11 is 11.6. The van der Waals surface area contributed by atoms with Gasteiger partial charge in [-0.1, -0.05) is 23.2 Å². The fraction of sp³-hybridized carbons (Fsp3) is 0. The standard InChI is InChI=1S/C14H8Cl2F2N2O3/c15-6-1-10(13(21)22)12(11(16)2-6)20-14(23)19-9-4-7(17)3-8(18)5-9/h1-5H,(H,21,22)(H2,19,20,23). The van der Waals surface area contributed by atoms with Crippen LogP contribution in [0.15, 0.2) is 30.3 Å². The maximum Gasteiger partial charge on any atom is 0.337 e. The molecule has 0 spiro atoms. The molecule has 2 aromatic carbocycles. The van der Waals surface area contributed by atoms with Gasteiger partial charge < -0.3 is 15.7 Å². The number of hydrogen-bond donors (Lipinski definition) is 3. The lowest BCUT2D eigenvalue weighted by molar-refractivity contribution is 0.0698. The molecule has 2 rings (SSSR count). The highest BCUT2D eigenvalue weighted by atomic mass is 35.5. The largest absolute Gasteiger partial charge is 0.478 e. The molecule has 2 amide bonds. The van der Waals surface area contributed by atoms with E-state index in [1.54, 1.807) is 0 Å². The number of carboxylic acid groups (broad SMARTS) is 1. The molecule has 0 bridgehead atoms. The molecule has 0 atom stereocenters. The summed E-state index contributed by atoms with van der Waals surface area (Å²) in [6.07, 6.45) is 0. The SMILES string of the molecule is O=C(Nc1cc(F)cc(F)c1)Nc1c(Cl)cc(Cl)cc1C(=O)O. The predicted octanol–water partition coefficient (Wildman–Crippen LogP) is 4.61. The van der Waals surface area contributed by atoms with E-state index in [1.807, 2.05) is 0 Å². The molecule has 0 saturated carbocycles. The van der Waals surface area contributed by atoms with Gasteiger partial charge in [0.2, 0.25) is 0 Å². The molecular weight excluding hydrogens is 353 g/mol. The van der Waals surface area contributed by atoms with Crippen LogP contribution in [0.3, 0.4) is 0 Å². The lowest BCUT2D eigenvalue weighted by Gasteiger charge is -2.12. The predicted molar refractivity (Wildman–Crippen MR) is 82.4 cm³/mol. The Kier molecular flexibility index (Phi) is 5.02. The minimum absolute atomic E-state index is 0.0746. The number of benzene rings is 2. The van der Waals surface area contributed by atoms with Gasteiger partial charge in [0.1, 0.15) is 11.6 Å². The van der Waals surface area contributed by atoms with Crippen molar-refractivity contribution in [2.24, 2.45) is 0 Å². The van der Waals surface area contributed by atoms with Gasteiger partial charge in [0.25, 0.3) is 0 Å². The first-order valence-corrected chi connectivity index (χ1v) is 6.78. The average Bonchev–Trinajstić information content (AvgIpc) is 2.39. The van der Waals surface area contributed by atoms with Crippen molar-refractivity contribution >= 4 is 46.6 Å². The summed E-state index contributed by atoms with van der Waals surface area (Å²) in [4.78, 5) is 23.0. The normalized spacial score (nSPS) is 10.3. The molecule has 2 aromatic rings. The number of anilines is 2. The van der Waals surface area contributed by atoms with Crippen molar-refractivity contribution in [3.8, 4) is 0 Å². The molecule has 23 heavy (non-hydrogen) atoms. The fourth-order valence-corrected chi connectivity index (χ4v) is 2.31.